The number of halogens is 9. The highest BCUT2D eigenvalue weighted by atomic mass is 19.4. The molecule has 1 atom stereocenters. The van der Waals surface area contributed by atoms with Crippen LogP contribution in [0.5, 0.6) is 0 Å². The molecule has 37 heavy (non-hydrogen) atoms. The van der Waals surface area contributed by atoms with Crippen LogP contribution in [0.2, 0.25) is 0 Å². The third-order valence-corrected chi connectivity index (χ3v) is 5.99. The van der Waals surface area contributed by atoms with E-state index in [-0.39, 0.29) is 36.7 Å². The third-order valence-electron chi connectivity index (χ3n) is 5.99. The summed E-state index contributed by atoms with van der Waals surface area (Å²) in [6, 6.07) is 1.42. The van der Waals surface area contributed by atoms with Gasteiger partial charge >= 0.3 is 24.6 Å². The predicted molar refractivity (Wildman–Crippen MR) is 111 cm³/mol. The quantitative estimate of drug-likeness (QED) is 0.252. The van der Waals surface area contributed by atoms with Crippen molar-refractivity contribution in [2.45, 2.75) is 50.9 Å². The van der Waals surface area contributed by atoms with Gasteiger partial charge in [-0.3, -0.25) is 9.80 Å². The number of carboxylic acid groups (broad SMARTS) is 1. The molecule has 1 aliphatic rings. The summed E-state index contributed by atoms with van der Waals surface area (Å²) in [5.74, 6) is 0. The fourth-order valence-corrected chi connectivity index (χ4v) is 4.40. The van der Waals surface area contributed by atoms with Crippen LogP contribution < -0.4 is 4.90 Å². The van der Waals surface area contributed by atoms with Crippen LogP contribution in [0, 0.1) is 18.4 Å². The first kappa shape index (κ1) is 27.9. The zero-order valence-corrected chi connectivity index (χ0v) is 18.9. The number of nitriles is 1. The molecule has 0 aliphatic carbocycles. The van der Waals surface area contributed by atoms with Crippen molar-refractivity contribution in [1.29, 1.82) is 5.26 Å². The monoisotopic (exact) mass is 539 g/mol. The Morgan fingerprint density at radius 1 is 1.03 bits per heavy atom. The Kier molecular flexibility index (Phi) is 7.31. The number of carbonyl (C=O) groups is 1. The maximum Gasteiger partial charge on any atom is 0.416 e. The maximum atomic E-state index is 13.5. The summed E-state index contributed by atoms with van der Waals surface area (Å²) in [5.41, 5.74) is -5.57. The topological polar surface area (TPSA) is 67.6 Å². The van der Waals surface area contributed by atoms with Gasteiger partial charge in [0.15, 0.2) is 6.19 Å². The number of anilines is 1. The molecule has 0 radical (unpaired) electrons. The number of alkyl halides is 9. The molecule has 14 heteroatoms. The predicted octanol–water partition coefficient (Wildman–Crippen LogP) is 7.35. The minimum absolute atomic E-state index is 0.000232. The van der Waals surface area contributed by atoms with Crippen molar-refractivity contribution in [2.75, 3.05) is 11.4 Å². The molecule has 0 saturated carbocycles. The Hall–Kier alpha value is -3.63. The molecule has 200 valence electrons. The summed E-state index contributed by atoms with van der Waals surface area (Å²) in [6.45, 7) is 0.0852. The number of nitrogens with zero attached hydrogens (tertiary/aromatic N) is 3. The lowest BCUT2D eigenvalue weighted by molar-refractivity contribution is -0.143. The lowest BCUT2D eigenvalue weighted by Crippen LogP contribution is -2.31. The molecule has 1 aliphatic heterocycles. The summed E-state index contributed by atoms with van der Waals surface area (Å²) in [4.78, 5) is 13.4. The van der Waals surface area contributed by atoms with Crippen LogP contribution in [0.25, 0.3) is 0 Å². The van der Waals surface area contributed by atoms with E-state index >= 15 is 0 Å². The molecule has 1 heterocycles. The second-order valence-corrected chi connectivity index (χ2v) is 8.41. The van der Waals surface area contributed by atoms with Gasteiger partial charge in [-0.1, -0.05) is 6.07 Å². The van der Waals surface area contributed by atoms with Crippen LogP contribution in [0.3, 0.4) is 0 Å². The first-order chi connectivity index (χ1) is 16.9. The van der Waals surface area contributed by atoms with Crippen LogP contribution in [-0.2, 0) is 25.1 Å². The first-order valence-corrected chi connectivity index (χ1v) is 10.6. The van der Waals surface area contributed by atoms with Crippen molar-refractivity contribution >= 4 is 11.8 Å². The molecule has 0 bridgehead atoms. The third kappa shape index (κ3) is 5.86. The average Bonchev–Trinajstić information content (AvgIpc) is 2.96. The molecular weight excluding hydrogens is 521 g/mol. The molecule has 0 aromatic heterocycles. The number of rotatable bonds is 3. The van der Waals surface area contributed by atoms with Crippen molar-refractivity contribution in [3.8, 4) is 6.19 Å². The standard InChI is InChI=1S/C23H18F9N3O2/c1-12-17(23(30,31)32)5-4-16-18(3-2-6-35(19(12)16)20(36)37)34(11-33)10-13-7-14(21(24,25)26)9-15(8-13)22(27,28)29/h4-5,7-9,18H,2-3,6,10H2,1H3,(H,36,37). The minimum Gasteiger partial charge on any atom is -0.465 e. The second kappa shape index (κ2) is 9.68. The molecule has 0 saturated heterocycles. The second-order valence-electron chi connectivity index (χ2n) is 8.41. The Morgan fingerprint density at radius 3 is 2.05 bits per heavy atom. The summed E-state index contributed by atoms with van der Waals surface area (Å²) < 4.78 is 120. The minimum atomic E-state index is -5.12. The van der Waals surface area contributed by atoms with E-state index in [9.17, 15) is 54.7 Å². The van der Waals surface area contributed by atoms with E-state index in [2.05, 4.69) is 0 Å². The summed E-state index contributed by atoms with van der Waals surface area (Å²) in [5, 5.41) is 19.4. The van der Waals surface area contributed by atoms with Gasteiger partial charge in [0, 0.05) is 6.54 Å². The molecule has 3 rings (SSSR count). The Balaban J connectivity index is 2.14. The summed E-state index contributed by atoms with van der Waals surface area (Å²) >= 11 is 0. The van der Waals surface area contributed by atoms with Crippen molar-refractivity contribution in [2.24, 2.45) is 0 Å². The SMILES string of the molecule is Cc1c(C(F)(F)F)ccc2c1N(C(=O)O)CCCC2N(C#N)Cc1cc(C(F)(F)F)cc(C(F)(F)F)c1. The van der Waals surface area contributed by atoms with Gasteiger partial charge < -0.3 is 5.11 Å². The molecule has 1 N–H and O–H groups in total. The summed E-state index contributed by atoms with van der Waals surface area (Å²) in [7, 11) is 0. The molecule has 2 aromatic carbocycles. The van der Waals surface area contributed by atoms with E-state index in [1.807, 2.05) is 0 Å². The lowest BCUT2D eigenvalue weighted by atomic mass is 9.94. The average molecular weight is 539 g/mol. The molecular formula is C23H18F9N3O2. The van der Waals surface area contributed by atoms with Crippen LogP contribution >= 0.6 is 0 Å². The van der Waals surface area contributed by atoms with Gasteiger partial charge in [0.2, 0.25) is 0 Å². The van der Waals surface area contributed by atoms with Gasteiger partial charge in [0.05, 0.1) is 35.0 Å². The smallest absolute Gasteiger partial charge is 0.416 e. The van der Waals surface area contributed by atoms with Crippen molar-refractivity contribution < 1.29 is 49.4 Å². The number of fused-ring (bicyclic) bond motifs is 1. The fraction of sp³-hybridized carbons (Fsp3) is 0.391. The Bertz CT molecular complexity index is 1200. The van der Waals surface area contributed by atoms with Crippen LogP contribution in [-0.4, -0.2) is 22.6 Å². The van der Waals surface area contributed by atoms with Crippen LogP contribution in [0.15, 0.2) is 30.3 Å². The number of hydrogen-bond donors (Lipinski definition) is 1. The largest absolute Gasteiger partial charge is 0.465 e. The lowest BCUT2D eigenvalue weighted by Gasteiger charge is -2.30. The highest BCUT2D eigenvalue weighted by Crippen LogP contribution is 2.44. The van der Waals surface area contributed by atoms with Gasteiger partial charge in [0.1, 0.15) is 0 Å². The normalized spacial score (nSPS) is 16.6. The zero-order valence-electron chi connectivity index (χ0n) is 18.9. The van der Waals surface area contributed by atoms with E-state index in [4.69, 9.17) is 0 Å². The zero-order chi connectivity index (χ0) is 27.9. The van der Waals surface area contributed by atoms with Crippen molar-refractivity contribution in [1.82, 2.24) is 4.90 Å². The van der Waals surface area contributed by atoms with Gasteiger partial charge in [-0.05, 0) is 60.7 Å². The van der Waals surface area contributed by atoms with E-state index < -0.39 is 65.0 Å². The molecule has 1 amide bonds. The van der Waals surface area contributed by atoms with E-state index in [1.165, 1.54) is 0 Å². The molecule has 1 unspecified atom stereocenters. The number of amides is 1. The van der Waals surface area contributed by atoms with E-state index in [0.717, 1.165) is 17.9 Å². The van der Waals surface area contributed by atoms with E-state index in [0.29, 0.717) is 23.1 Å². The molecule has 2 aromatic rings. The van der Waals surface area contributed by atoms with Gasteiger partial charge in [-0.15, -0.1) is 0 Å². The van der Waals surface area contributed by atoms with Crippen LogP contribution in [0.1, 0.15) is 52.3 Å². The van der Waals surface area contributed by atoms with Gasteiger partial charge in [-0.25, -0.2) is 4.79 Å². The number of hydrogen-bond acceptors (Lipinski definition) is 3. The van der Waals surface area contributed by atoms with Crippen LogP contribution in [0.4, 0.5) is 50.0 Å². The fourth-order valence-electron chi connectivity index (χ4n) is 4.40. The first-order valence-electron chi connectivity index (χ1n) is 10.6. The molecule has 5 nitrogen and oxygen atoms in total. The van der Waals surface area contributed by atoms with Gasteiger partial charge in [-0.2, -0.15) is 44.8 Å². The van der Waals surface area contributed by atoms with Crippen molar-refractivity contribution in [3.63, 3.8) is 0 Å². The highest BCUT2D eigenvalue weighted by molar-refractivity contribution is 5.89. The van der Waals surface area contributed by atoms with Crippen molar-refractivity contribution in [3.05, 3.63) is 63.7 Å². The Morgan fingerprint density at radius 2 is 1.59 bits per heavy atom. The van der Waals surface area contributed by atoms with E-state index in [1.54, 1.807) is 6.19 Å². The maximum absolute atomic E-state index is 13.5. The highest BCUT2D eigenvalue weighted by Gasteiger charge is 2.39. The van der Waals surface area contributed by atoms with Gasteiger partial charge in [0.25, 0.3) is 0 Å². The summed E-state index contributed by atoms with van der Waals surface area (Å²) in [6.07, 6.45) is -14.9. The Labute approximate surface area is 204 Å². The molecule has 0 fully saturated rings. The number of benzene rings is 2. The molecule has 0 spiro atoms.